The smallest absolute Gasteiger partial charge is 0.244 e. The van der Waals surface area contributed by atoms with E-state index >= 15 is 0 Å². The molecule has 0 aromatic heterocycles. The zero-order valence-corrected chi connectivity index (χ0v) is 15.1. The number of nitrogens with one attached hydrogen (secondary N) is 1. The second kappa shape index (κ2) is 6.91. The van der Waals surface area contributed by atoms with Gasteiger partial charge < -0.3 is 4.74 Å². The average molecular weight is 354 g/mol. The predicted molar refractivity (Wildman–Crippen MR) is 92.7 cm³/mol. The molecule has 0 bridgehead atoms. The Morgan fingerprint density at radius 2 is 1.78 bits per heavy atom. The van der Waals surface area contributed by atoms with Crippen LogP contribution in [0.4, 0.5) is 0 Å². The van der Waals surface area contributed by atoms with E-state index in [1.54, 1.807) is 13.0 Å². The molecule has 0 radical (unpaired) electrons. The van der Waals surface area contributed by atoms with E-state index in [1.165, 1.54) is 24.8 Å². The van der Waals surface area contributed by atoms with Gasteiger partial charge in [-0.05, 0) is 55.7 Å². The lowest BCUT2D eigenvalue weighted by Crippen LogP contribution is -2.27. The lowest BCUT2D eigenvalue weighted by molar-refractivity contribution is 0.402. The van der Waals surface area contributed by atoms with Gasteiger partial charge in [0.05, 0.1) is 7.11 Å². The summed E-state index contributed by atoms with van der Waals surface area (Å²) >= 11 is 5.92. The number of benzene rings is 2. The summed E-state index contributed by atoms with van der Waals surface area (Å²) in [7, 11) is -2.33. The van der Waals surface area contributed by atoms with Crippen LogP contribution in [0, 0.1) is 13.8 Å². The average Bonchev–Trinajstić information content (AvgIpc) is 2.49. The molecule has 2 aromatic rings. The molecule has 0 saturated heterocycles. The van der Waals surface area contributed by atoms with Gasteiger partial charge in [0.1, 0.15) is 10.6 Å². The molecule has 0 saturated carbocycles. The molecule has 4 nitrogen and oxygen atoms in total. The van der Waals surface area contributed by atoms with Crippen LogP contribution in [0.15, 0.2) is 41.3 Å². The van der Waals surface area contributed by atoms with Crippen molar-refractivity contribution in [1.29, 1.82) is 0 Å². The highest BCUT2D eigenvalue weighted by molar-refractivity contribution is 7.89. The SMILES string of the molecule is COc1ccc(Cl)cc1S(=O)(=O)N[C@@H](C)c1ccc(C)c(C)c1. The minimum Gasteiger partial charge on any atom is -0.495 e. The zero-order chi connectivity index (χ0) is 17.2. The Morgan fingerprint density at radius 3 is 2.39 bits per heavy atom. The van der Waals surface area contributed by atoms with Gasteiger partial charge in [-0.3, -0.25) is 0 Å². The van der Waals surface area contributed by atoms with Crippen LogP contribution in [-0.2, 0) is 10.0 Å². The van der Waals surface area contributed by atoms with Gasteiger partial charge in [-0.15, -0.1) is 0 Å². The standard InChI is InChI=1S/C17H20ClNO3S/c1-11-5-6-14(9-12(11)2)13(3)19-23(20,21)17-10-15(18)7-8-16(17)22-4/h5-10,13,19H,1-4H3/t13-/m0/s1. The molecule has 0 fully saturated rings. The number of hydrogen-bond donors (Lipinski definition) is 1. The molecule has 124 valence electrons. The van der Waals surface area contributed by atoms with Gasteiger partial charge in [0.2, 0.25) is 10.0 Å². The van der Waals surface area contributed by atoms with Gasteiger partial charge in [0.15, 0.2) is 0 Å². The Morgan fingerprint density at radius 1 is 1.09 bits per heavy atom. The summed E-state index contributed by atoms with van der Waals surface area (Å²) in [6.45, 7) is 5.82. The maximum Gasteiger partial charge on any atom is 0.244 e. The van der Waals surface area contributed by atoms with Crippen LogP contribution in [0.5, 0.6) is 5.75 Å². The summed E-state index contributed by atoms with van der Waals surface area (Å²) < 4.78 is 33.1. The van der Waals surface area contributed by atoms with Crippen molar-refractivity contribution in [3.8, 4) is 5.75 Å². The number of halogens is 1. The molecule has 0 aliphatic heterocycles. The molecular weight excluding hydrogens is 334 g/mol. The number of methoxy groups -OCH3 is 1. The minimum atomic E-state index is -3.76. The fourth-order valence-corrected chi connectivity index (χ4v) is 3.92. The number of rotatable bonds is 5. The molecule has 0 aliphatic rings. The largest absolute Gasteiger partial charge is 0.495 e. The van der Waals surface area contributed by atoms with E-state index in [0.29, 0.717) is 5.02 Å². The molecule has 2 aromatic carbocycles. The highest BCUT2D eigenvalue weighted by Crippen LogP contribution is 2.28. The molecule has 0 amide bonds. The fraction of sp³-hybridized carbons (Fsp3) is 0.294. The highest BCUT2D eigenvalue weighted by atomic mass is 35.5. The third-order valence-corrected chi connectivity index (χ3v) is 5.58. The highest BCUT2D eigenvalue weighted by Gasteiger charge is 2.23. The molecule has 0 spiro atoms. The van der Waals surface area contributed by atoms with Gasteiger partial charge in [-0.1, -0.05) is 29.8 Å². The number of ether oxygens (including phenoxy) is 1. The van der Waals surface area contributed by atoms with Gasteiger partial charge in [0, 0.05) is 11.1 Å². The Kier molecular flexibility index (Phi) is 5.34. The van der Waals surface area contributed by atoms with Crippen molar-refractivity contribution < 1.29 is 13.2 Å². The summed E-state index contributed by atoms with van der Waals surface area (Å²) in [5, 5.41) is 0.338. The van der Waals surface area contributed by atoms with Crippen LogP contribution in [0.1, 0.15) is 29.7 Å². The molecule has 6 heteroatoms. The molecule has 2 rings (SSSR count). The van der Waals surface area contributed by atoms with Crippen molar-refractivity contribution in [3.05, 3.63) is 58.1 Å². The number of aryl methyl sites for hydroxylation is 2. The molecule has 1 N–H and O–H groups in total. The van der Waals surface area contributed by atoms with Gasteiger partial charge in [-0.2, -0.15) is 0 Å². The number of hydrogen-bond acceptors (Lipinski definition) is 3. The van der Waals surface area contributed by atoms with Crippen molar-refractivity contribution in [3.63, 3.8) is 0 Å². The van der Waals surface area contributed by atoms with E-state index in [2.05, 4.69) is 4.72 Å². The first-order valence-electron chi connectivity index (χ1n) is 7.17. The number of sulfonamides is 1. The van der Waals surface area contributed by atoms with E-state index in [9.17, 15) is 8.42 Å². The summed E-state index contributed by atoms with van der Waals surface area (Å²) in [5.41, 5.74) is 3.19. The molecule has 0 unspecified atom stereocenters. The third-order valence-electron chi connectivity index (χ3n) is 3.78. The Bertz CT molecular complexity index is 819. The first-order chi connectivity index (χ1) is 10.7. The maximum atomic E-state index is 12.6. The summed E-state index contributed by atoms with van der Waals surface area (Å²) in [6, 6.07) is 10.0. The monoisotopic (exact) mass is 353 g/mol. The summed E-state index contributed by atoms with van der Waals surface area (Å²) in [4.78, 5) is 0.0307. The van der Waals surface area contributed by atoms with Crippen LogP contribution in [0.3, 0.4) is 0 Å². The first kappa shape index (κ1) is 17.8. The molecule has 0 aliphatic carbocycles. The Labute approximate surface area is 142 Å². The first-order valence-corrected chi connectivity index (χ1v) is 9.03. The van der Waals surface area contributed by atoms with E-state index in [4.69, 9.17) is 16.3 Å². The van der Waals surface area contributed by atoms with Gasteiger partial charge in [-0.25, -0.2) is 13.1 Å². The zero-order valence-electron chi connectivity index (χ0n) is 13.6. The molecule has 23 heavy (non-hydrogen) atoms. The van der Waals surface area contributed by atoms with Crippen LogP contribution < -0.4 is 9.46 Å². The van der Waals surface area contributed by atoms with E-state index in [-0.39, 0.29) is 16.7 Å². The van der Waals surface area contributed by atoms with Crippen molar-refractivity contribution in [2.45, 2.75) is 31.7 Å². The van der Waals surface area contributed by atoms with Crippen LogP contribution in [-0.4, -0.2) is 15.5 Å². The maximum absolute atomic E-state index is 12.6. The molecular formula is C17H20ClNO3S. The van der Waals surface area contributed by atoms with Gasteiger partial charge in [0.25, 0.3) is 0 Å². The molecule has 1 atom stereocenters. The second-order valence-electron chi connectivity index (χ2n) is 5.48. The normalized spacial score (nSPS) is 12.9. The summed E-state index contributed by atoms with van der Waals surface area (Å²) in [6.07, 6.45) is 0. The second-order valence-corrected chi connectivity index (χ2v) is 7.60. The quantitative estimate of drug-likeness (QED) is 0.883. The van der Waals surface area contributed by atoms with Crippen molar-refractivity contribution in [2.75, 3.05) is 7.11 Å². The lowest BCUT2D eigenvalue weighted by atomic mass is 10.0. The summed E-state index contributed by atoms with van der Waals surface area (Å²) in [5.74, 6) is 0.259. The Hall–Kier alpha value is -1.56. The van der Waals surface area contributed by atoms with Crippen LogP contribution in [0.25, 0.3) is 0 Å². The topological polar surface area (TPSA) is 55.4 Å². The lowest BCUT2D eigenvalue weighted by Gasteiger charge is -2.17. The molecule has 0 heterocycles. The third kappa shape index (κ3) is 4.05. The Balaban J connectivity index is 2.34. The predicted octanol–water partition coefficient (Wildman–Crippen LogP) is 4.00. The van der Waals surface area contributed by atoms with Crippen molar-refractivity contribution in [2.24, 2.45) is 0 Å². The fourth-order valence-electron chi connectivity index (χ4n) is 2.26. The van der Waals surface area contributed by atoms with Crippen LogP contribution >= 0.6 is 11.6 Å². The van der Waals surface area contributed by atoms with Crippen LogP contribution in [0.2, 0.25) is 5.02 Å². The van der Waals surface area contributed by atoms with Crippen molar-refractivity contribution >= 4 is 21.6 Å². The van der Waals surface area contributed by atoms with E-state index in [1.807, 2.05) is 32.0 Å². The van der Waals surface area contributed by atoms with Gasteiger partial charge >= 0.3 is 0 Å². The van der Waals surface area contributed by atoms with E-state index < -0.39 is 10.0 Å². The van der Waals surface area contributed by atoms with E-state index in [0.717, 1.165) is 11.1 Å². The van der Waals surface area contributed by atoms with Crippen molar-refractivity contribution in [1.82, 2.24) is 4.72 Å². The minimum absolute atomic E-state index is 0.0307.